The first kappa shape index (κ1) is 21.6. The van der Waals surface area contributed by atoms with E-state index < -0.39 is 10.0 Å². The number of hydrogen-bond acceptors (Lipinski definition) is 4. The number of sulfonamides is 1. The summed E-state index contributed by atoms with van der Waals surface area (Å²) in [7, 11) is -1.66. The number of guanidine groups is 1. The molecule has 0 aromatic heterocycles. The van der Waals surface area contributed by atoms with E-state index in [-0.39, 0.29) is 6.10 Å². The summed E-state index contributed by atoms with van der Waals surface area (Å²) < 4.78 is 33.1. The topological polar surface area (TPSA) is 83.0 Å². The summed E-state index contributed by atoms with van der Waals surface area (Å²) in [6, 6.07) is 15.2. The molecule has 2 aliphatic rings. The van der Waals surface area contributed by atoms with Gasteiger partial charge in [-0.15, -0.1) is 0 Å². The van der Waals surface area contributed by atoms with E-state index in [1.165, 1.54) is 5.56 Å². The average Bonchev–Trinajstić information content (AvgIpc) is 3.23. The molecule has 166 valence electrons. The third-order valence-electron chi connectivity index (χ3n) is 5.77. The second-order valence-electron chi connectivity index (χ2n) is 7.97. The maximum atomic E-state index is 12.8. The number of hydrogen-bond donors (Lipinski definition) is 2. The van der Waals surface area contributed by atoms with Gasteiger partial charge >= 0.3 is 0 Å². The second kappa shape index (κ2) is 9.70. The van der Waals surface area contributed by atoms with Crippen molar-refractivity contribution in [2.45, 2.75) is 43.2 Å². The number of nitrogens with zero attached hydrogens (tertiary/aromatic N) is 2. The van der Waals surface area contributed by atoms with Gasteiger partial charge in [-0.1, -0.05) is 36.8 Å². The summed E-state index contributed by atoms with van der Waals surface area (Å²) in [5, 5.41) is 6.58. The molecule has 0 aliphatic carbocycles. The van der Waals surface area contributed by atoms with E-state index in [1.807, 2.05) is 30.3 Å². The Morgan fingerprint density at radius 1 is 1.06 bits per heavy atom. The molecule has 2 aliphatic heterocycles. The van der Waals surface area contributed by atoms with Crippen LogP contribution in [0.1, 0.15) is 30.4 Å². The van der Waals surface area contributed by atoms with Crippen LogP contribution < -0.4 is 15.4 Å². The van der Waals surface area contributed by atoms with Crippen LogP contribution in [-0.4, -0.2) is 51.5 Å². The average molecular weight is 443 g/mol. The molecule has 31 heavy (non-hydrogen) atoms. The molecule has 2 aromatic rings. The molecule has 0 radical (unpaired) electrons. The molecular weight excluding hydrogens is 412 g/mol. The Hall–Kier alpha value is -2.58. The van der Waals surface area contributed by atoms with Crippen molar-refractivity contribution < 1.29 is 13.2 Å². The Balaban J connectivity index is 1.27. The second-order valence-corrected chi connectivity index (χ2v) is 9.91. The third-order valence-corrected chi connectivity index (χ3v) is 7.68. The van der Waals surface area contributed by atoms with Gasteiger partial charge in [0.1, 0.15) is 11.9 Å². The Morgan fingerprint density at radius 3 is 2.52 bits per heavy atom. The molecule has 8 heteroatoms. The highest BCUT2D eigenvalue weighted by atomic mass is 32.2. The van der Waals surface area contributed by atoms with Crippen LogP contribution in [0.25, 0.3) is 0 Å². The Bertz CT molecular complexity index is 990. The van der Waals surface area contributed by atoms with Gasteiger partial charge in [0, 0.05) is 33.1 Å². The summed E-state index contributed by atoms with van der Waals surface area (Å²) >= 11 is 0. The standard InChI is InChI=1S/C23H30N4O3S/c1-24-23(26-17-20-15-19-7-3-4-8-22(19)30-20)25-16-18-9-11-21(12-10-18)31(28,29)27-13-5-2-6-14-27/h3-4,7-12,20H,2,5-6,13-17H2,1H3,(H2,24,25,26). The Kier molecular flexibility index (Phi) is 6.77. The predicted molar refractivity (Wildman–Crippen MR) is 122 cm³/mol. The van der Waals surface area contributed by atoms with Crippen molar-refractivity contribution in [2.24, 2.45) is 4.99 Å². The van der Waals surface area contributed by atoms with E-state index in [9.17, 15) is 8.42 Å². The highest BCUT2D eigenvalue weighted by molar-refractivity contribution is 7.89. The highest BCUT2D eigenvalue weighted by Gasteiger charge is 2.25. The van der Waals surface area contributed by atoms with Gasteiger partial charge < -0.3 is 15.4 Å². The lowest BCUT2D eigenvalue weighted by Crippen LogP contribution is -2.41. The number of fused-ring (bicyclic) bond motifs is 1. The lowest BCUT2D eigenvalue weighted by atomic mass is 10.1. The van der Waals surface area contributed by atoms with E-state index in [4.69, 9.17) is 4.74 Å². The largest absolute Gasteiger partial charge is 0.488 e. The zero-order valence-corrected chi connectivity index (χ0v) is 18.7. The summed E-state index contributed by atoms with van der Waals surface area (Å²) in [6.45, 7) is 2.43. The minimum atomic E-state index is -3.39. The van der Waals surface area contributed by atoms with E-state index in [0.717, 1.165) is 37.0 Å². The number of rotatable bonds is 6. The summed E-state index contributed by atoms with van der Waals surface area (Å²) in [4.78, 5) is 4.63. The first-order chi connectivity index (χ1) is 15.1. The molecule has 4 rings (SSSR count). The van der Waals surface area contributed by atoms with Crippen molar-refractivity contribution in [2.75, 3.05) is 26.7 Å². The van der Waals surface area contributed by atoms with Crippen LogP contribution in [0.4, 0.5) is 0 Å². The molecule has 1 atom stereocenters. The molecule has 0 amide bonds. The molecule has 2 N–H and O–H groups in total. The van der Waals surface area contributed by atoms with Crippen molar-refractivity contribution in [1.82, 2.24) is 14.9 Å². The van der Waals surface area contributed by atoms with Crippen molar-refractivity contribution in [1.29, 1.82) is 0 Å². The highest BCUT2D eigenvalue weighted by Crippen LogP contribution is 2.27. The lowest BCUT2D eigenvalue weighted by molar-refractivity contribution is 0.235. The van der Waals surface area contributed by atoms with E-state index in [0.29, 0.717) is 37.0 Å². The van der Waals surface area contributed by atoms with Gasteiger partial charge in [-0.05, 0) is 42.2 Å². The molecule has 7 nitrogen and oxygen atoms in total. The minimum Gasteiger partial charge on any atom is -0.488 e. The van der Waals surface area contributed by atoms with E-state index in [1.54, 1.807) is 23.5 Å². The molecule has 1 unspecified atom stereocenters. The number of aliphatic imine (C=N–C) groups is 1. The summed E-state index contributed by atoms with van der Waals surface area (Å²) in [6.07, 6.45) is 3.94. The van der Waals surface area contributed by atoms with Crippen LogP contribution in [0.3, 0.4) is 0 Å². The lowest BCUT2D eigenvalue weighted by Gasteiger charge is -2.25. The van der Waals surface area contributed by atoms with Gasteiger partial charge in [0.05, 0.1) is 11.4 Å². The van der Waals surface area contributed by atoms with E-state index >= 15 is 0 Å². The van der Waals surface area contributed by atoms with Crippen molar-refractivity contribution in [3.05, 3.63) is 59.7 Å². The fourth-order valence-electron chi connectivity index (χ4n) is 4.02. The van der Waals surface area contributed by atoms with Gasteiger partial charge in [-0.2, -0.15) is 4.31 Å². The third kappa shape index (κ3) is 5.19. The van der Waals surface area contributed by atoms with Gasteiger partial charge in [0.15, 0.2) is 5.96 Å². The Morgan fingerprint density at radius 2 is 1.81 bits per heavy atom. The first-order valence-corrected chi connectivity index (χ1v) is 12.3. The number of ether oxygens (including phenoxy) is 1. The van der Waals surface area contributed by atoms with Crippen LogP contribution in [0.15, 0.2) is 58.4 Å². The van der Waals surface area contributed by atoms with Crippen molar-refractivity contribution in [3.63, 3.8) is 0 Å². The van der Waals surface area contributed by atoms with Gasteiger partial charge in [-0.3, -0.25) is 4.99 Å². The van der Waals surface area contributed by atoms with Crippen LogP contribution >= 0.6 is 0 Å². The van der Waals surface area contributed by atoms with Crippen LogP contribution in [-0.2, 0) is 23.0 Å². The smallest absolute Gasteiger partial charge is 0.243 e. The zero-order chi connectivity index (χ0) is 21.7. The fourth-order valence-corrected chi connectivity index (χ4v) is 5.54. The number of para-hydroxylation sites is 1. The summed E-state index contributed by atoms with van der Waals surface area (Å²) in [5.74, 6) is 1.64. The maximum Gasteiger partial charge on any atom is 0.243 e. The van der Waals surface area contributed by atoms with Gasteiger partial charge in [-0.25, -0.2) is 8.42 Å². The molecular formula is C23H30N4O3S. The van der Waals surface area contributed by atoms with E-state index in [2.05, 4.69) is 21.7 Å². The Labute approximate surface area is 184 Å². The molecule has 2 aromatic carbocycles. The predicted octanol–water partition coefficient (Wildman–Crippen LogP) is 2.53. The molecule has 1 fully saturated rings. The minimum absolute atomic E-state index is 0.0789. The van der Waals surface area contributed by atoms with Gasteiger partial charge in [0.25, 0.3) is 0 Å². The zero-order valence-electron chi connectivity index (χ0n) is 17.9. The maximum absolute atomic E-state index is 12.8. The van der Waals surface area contributed by atoms with Crippen LogP contribution in [0, 0.1) is 0 Å². The van der Waals surface area contributed by atoms with Crippen LogP contribution in [0.2, 0.25) is 0 Å². The normalized spacial score (nSPS) is 19.5. The molecule has 0 bridgehead atoms. The van der Waals surface area contributed by atoms with Crippen LogP contribution in [0.5, 0.6) is 5.75 Å². The molecule has 1 saturated heterocycles. The van der Waals surface area contributed by atoms with Crippen molar-refractivity contribution in [3.8, 4) is 5.75 Å². The molecule has 2 heterocycles. The summed E-state index contributed by atoms with van der Waals surface area (Å²) in [5.41, 5.74) is 2.22. The van der Waals surface area contributed by atoms with Gasteiger partial charge in [0.2, 0.25) is 10.0 Å². The number of nitrogens with one attached hydrogen (secondary N) is 2. The number of piperidine rings is 1. The molecule has 0 spiro atoms. The quantitative estimate of drug-likeness (QED) is 0.531. The number of benzene rings is 2. The first-order valence-electron chi connectivity index (χ1n) is 10.8. The van der Waals surface area contributed by atoms with Crippen molar-refractivity contribution >= 4 is 16.0 Å². The fraction of sp³-hybridized carbons (Fsp3) is 0.435. The monoisotopic (exact) mass is 442 g/mol. The molecule has 0 saturated carbocycles. The SMILES string of the molecule is CN=C(NCc1ccc(S(=O)(=O)N2CCCCC2)cc1)NCC1Cc2ccccc2O1.